The molecule has 0 radical (unpaired) electrons. The first-order valence-corrected chi connectivity index (χ1v) is 9.13. The molecule has 0 bridgehead atoms. The monoisotopic (exact) mass is 464 g/mol. The van der Waals surface area contributed by atoms with Crippen molar-refractivity contribution in [2.45, 2.75) is 19.1 Å². The Kier molecular flexibility index (Phi) is 6.13. The number of hydrogen-bond acceptors (Lipinski definition) is 6. The van der Waals surface area contributed by atoms with Crippen molar-refractivity contribution in [3.05, 3.63) is 69.9 Å². The van der Waals surface area contributed by atoms with Crippen LogP contribution in [0.1, 0.15) is 50.9 Å². The number of rotatable bonds is 5. The lowest BCUT2D eigenvalue weighted by Crippen LogP contribution is -2.29. The van der Waals surface area contributed by atoms with Crippen molar-refractivity contribution in [3.63, 3.8) is 0 Å². The van der Waals surface area contributed by atoms with Gasteiger partial charge in [-0.15, -0.1) is 5.10 Å². The summed E-state index contributed by atoms with van der Waals surface area (Å²) in [5.74, 6) is -2.87. The maximum Gasteiger partial charge on any atom is 0.416 e. The minimum absolute atomic E-state index is 0.0500. The summed E-state index contributed by atoms with van der Waals surface area (Å²) in [4.78, 5) is 31.8. The summed E-state index contributed by atoms with van der Waals surface area (Å²) in [6, 6.07) is 6.09. The Morgan fingerprint density at radius 3 is 2.56 bits per heavy atom. The SMILES string of the molecule is CC(NC(=O)c1cc(Cl)cc(C(F)(F)F)c1)c1nc(C(=O)O)nn1-c1ccc(C#N)cn1. The lowest BCUT2D eigenvalue weighted by molar-refractivity contribution is -0.137. The van der Waals surface area contributed by atoms with Crippen LogP contribution in [-0.2, 0) is 6.18 Å². The first-order chi connectivity index (χ1) is 15.0. The highest BCUT2D eigenvalue weighted by Gasteiger charge is 2.32. The van der Waals surface area contributed by atoms with Crippen LogP contribution < -0.4 is 5.32 Å². The zero-order chi connectivity index (χ0) is 23.6. The van der Waals surface area contributed by atoms with Gasteiger partial charge in [0.1, 0.15) is 6.07 Å². The highest BCUT2D eigenvalue weighted by Crippen LogP contribution is 2.32. The van der Waals surface area contributed by atoms with Gasteiger partial charge in [-0.25, -0.2) is 14.8 Å². The summed E-state index contributed by atoms with van der Waals surface area (Å²) in [7, 11) is 0. The van der Waals surface area contributed by atoms with Crippen LogP contribution in [0.5, 0.6) is 0 Å². The molecule has 3 rings (SSSR count). The molecule has 1 aromatic carbocycles. The molecule has 0 aliphatic carbocycles. The van der Waals surface area contributed by atoms with Gasteiger partial charge in [0.2, 0.25) is 0 Å². The van der Waals surface area contributed by atoms with E-state index in [1.807, 2.05) is 6.07 Å². The molecule has 1 amide bonds. The van der Waals surface area contributed by atoms with Crippen molar-refractivity contribution in [2.24, 2.45) is 0 Å². The molecule has 2 N–H and O–H groups in total. The predicted octanol–water partition coefficient (Wildman–Crippen LogP) is 3.40. The van der Waals surface area contributed by atoms with E-state index >= 15 is 0 Å². The van der Waals surface area contributed by atoms with Crippen LogP contribution in [0.25, 0.3) is 5.82 Å². The molecular formula is C19H12ClF3N6O3. The van der Waals surface area contributed by atoms with Gasteiger partial charge in [-0.2, -0.15) is 23.1 Å². The molecule has 0 saturated heterocycles. The van der Waals surface area contributed by atoms with E-state index in [1.54, 1.807) is 0 Å². The lowest BCUT2D eigenvalue weighted by atomic mass is 10.1. The number of amides is 1. The second kappa shape index (κ2) is 8.64. The molecule has 13 heteroatoms. The van der Waals surface area contributed by atoms with E-state index < -0.39 is 35.5 Å². The summed E-state index contributed by atoms with van der Waals surface area (Å²) in [5.41, 5.74) is -1.20. The maximum atomic E-state index is 13.0. The van der Waals surface area contributed by atoms with Crippen molar-refractivity contribution in [2.75, 3.05) is 0 Å². The Morgan fingerprint density at radius 2 is 2.00 bits per heavy atom. The number of aromatic nitrogens is 4. The summed E-state index contributed by atoms with van der Waals surface area (Å²) < 4.78 is 40.1. The van der Waals surface area contributed by atoms with Crippen molar-refractivity contribution in [1.29, 1.82) is 5.26 Å². The molecule has 0 aliphatic heterocycles. The topological polar surface area (TPSA) is 134 Å². The molecule has 164 valence electrons. The number of benzene rings is 1. The second-order valence-electron chi connectivity index (χ2n) is 6.45. The number of nitrogens with one attached hydrogen (secondary N) is 1. The normalized spacial score (nSPS) is 12.1. The van der Waals surface area contributed by atoms with Gasteiger partial charge in [-0.05, 0) is 37.3 Å². The van der Waals surface area contributed by atoms with E-state index in [9.17, 15) is 27.9 Å². The lowest BCUT2D eigenvalue weighted by Gasteiger charge is -2.15. The summed E-state index contributed by atoms with van der Waals surface area (Å²) in [5, 5.41) is 24.1. The van der Waals surface area contributed by atoms with Gasteiger partial charge in [0.15, 0.2) is 11.6 Å². The Labute approximate surface area is 183 Å². The molecule has 1 atom stereocenters. The van der Waals surface area contributed by atoms with Gasteiger partial charge >= 0.3 is 12.1 Å². The van der Waals surface area contributed by atoms with Gasteiger partial charge in [0, 0.05) is 16.8 Å². The first kappa shape index (κ1) is 22.7. The molecule has 32 heavy (non-hydrogen) atoms. The standard InChI is InChI=1S/C19H12ClF3N6O3/c1-9(26-17(30)11-4-12(19(21,22)23)6-13(20)5-11)16-27-15(18(31)32)28-29(16)14-3-2-10(7-24)8-25-14/h2-6,8-9H,1H3,(H,26,30)(H,31,32). The van der Waals surface area contributed by atoms with Gasteiger partial charge in [0.05, 0.1) is 17.2 Å². The molecule has 1 unspecified atom stereocenters. The number of carbonyl (C=O) groups is 2. The maximum absolute atomic E-state index is 13.0. The Hall–Kier alpha value is -3.98. The van der Waals surface area contributed by atoms with Crippen molar-refractivity contribution in [3.8, 4) is 11.9 Å². The average molecular weight is 465 g/mol. The smallest absolute Gasteiger partial charge is 0.416 e. The molecule has 0 fully saturated rings. The molecule has 2 heterocycles. The molecule has 9 nitrogen and oxygen atoms in total. The third-order valence-corrected chi connectivity index (χ3v) is 4.36. The van der Waals surface area contributed by atoms with Crippen LogP contribution in [0.2, 0.25) is 5.02 Å². The zero-order valence-corrected chi connectivity index (χ0v) is 16.8. The number of hydrogen-bond donors (Lipinski definition) is 2. The molecule has 0 aliphatic rings. The highest BCUT2D eigenvalue weighted by atomic mass is 35.5. The van der Waals surface area contributed by atoms with E-state index in [2.05, 4.69) is 20.4 Å². The third kappa shape index (κ3) is 4.84. The number of carboxylic acids is 1. The quantitative estimate of drug-likeness (QED) is 0.591. The third-order valence-electron chi connectivity index (χ3n) is 4.14. The van der Waals surface area contributed by atoms with Gasteiger partial charge in [-0.3, -0.25) is 4.79 Å². The van der Waals surface area contributed by atoms with E-state index in [-0.39, 0.29) is 27.8 Å². The van der Waals surface area contributed by atoms with Gasteiger partial charge in [0.25, 0.3) is 11.7 Å². The molecular weight excluding hydrogens is 453 g/mol. The Bertz CT molecular complexity index is 1230. The van der Waals surface area contributed by atoms with E-state index in [4.69, 9.17) is 16.9 Å². The number of carboxylic acid groups (broad SMARTS) is 1. The predicted molar refractivity (Wildman–Crippen MR) is 103 cm³/mol. The van der Waals surface area contributed by atoms with Crippen LogP contribution in [-0.4, -0.2) is 36.7 Å². The Morgan fingerprint density at radius 1 is 1.28 bits per heavy atom. The molecule has 0 spiro atoms. The Balaban J connectivity index is 1.95. The van der Waals surface area contributed by atoms with Gasteiger partial charge in [-0.1, -0.05) is 11.6 Å². The van der Waals surface area contributed by atoms with E-state index in [1.165, 1.54) is 25.3 Å². The summed E-state index contributed by atoms with van der Waals surface area (Å²) >= 11 is 5.72. The zero-order valence-electron chi connectivity index (χ0n) is 16.1. The number of nitriles is 1. The number of halogens is 4. The van der Waals surface area contributed by atoms with Crippen molar-refractivity contribution >= 4 is 23.5 Å². The molecule has 3 aromatic rings. The fraction of sp³-hybridized carbons (Fsp3) is 0.158. The number of pyridine rings is 1. The van der Waals surface area contributed by atoms with Crippen LogP contribution in [0.3, 0.4) is 0 Å². The van der Waals surface area contributed by atoms with E-state index in [0.29, 0.717) is 12.1 Å². The summed E-state index contributed by atoms with van der Waals surface area (Å²) in [6.07, 6.45) is -3.47. The van der Waals surface area contributed by atoms with Crippen molar-refractivity contribution < 1.29 is 27.9 Å². The number of alkyl halides is 3. The van der Waals surface area contributed by atoms with Gasteiger partial charge < -0.3 is 10.4 Å². The highest BCUT2D eigenvalue weighted by molar-refractivity contribution is 6.31. The fourth-order valence-electron chi connectivity index (χ4n) is 2.67. The van der Waals surface area contributed by atoms with Crippen LogP contribution in [0.15, 0.2) is 36.5 Å². The molecule has 2 aromatic heterocycles. The largest absolute Gasteiger partial charge is 0.475 e. The first-order valence-electron chi connectivity index (χ1n) is 8.75. The second-order valence-corrected chi connectivity index (χ2v) is 6.89. The number of nitrogens with zero attached hydrogens (tertiary/aromatic N) is 5. The average Bonchev–Trinajstić information content (AvgIpc) is 3.18. The molecule has 0 saturated carbocycles. The fourth-order valence-corrected chi connectivity index (χ4v) is 2.91. The van der Waals surface area contributed by atoms with Crippen LogP contribution in [0.4, 0.5) is 13.2 Å². The minimum Gasteiger partial charge on any atom is -0.475 e. The number of carbonyl (C=O) groups excluding carboxylic acids is 1. The number of aromatic carboxylic acids is 1. The van der Waals surface area contributed by atoms with Crippen LogP contribution in [0, 0.1) is 11.3 Å². The van der Waals surface area contributed by atoms with Crippen molar-refractivity contribution in [1.82, 2.24) is 25.1 Å². The van der Waals surface area contributed by atoms with Crippen LogP contribution >= 0.6 is 11.6 Å². The summed E-state index contributed by atoms with van der Waals surface area (Å²) in [6.45, 7) is 1.43. The minimum atomic E-state index is -4.70. The van der Waals surface area contributed by atoms with E-state index in [0.717, 1.165) is 10.7 Å².